The minimum absolute atomic E-state index is 0.0681. The SMILES string of the molecule is CC(C)(C1CCC(F)(F)CC1)N1CCNCC1. The Morgan fingerprint density at radius 1 is 1.12 bits per heavy atom. The molecule has 2 fully saturated rings. The summed E-state index contributed by atoms with van der Waals surface area (Å²) in [6.45, 7) is 8.58. The molecular weight excluding hydrogens is 222 g/mol. The predicted octanol–water partition coefficient (Wildman–Crippen LogP) is 2.50. The van der Waals surface area contributed by atoms with Gasteiger partial charge in [-0.1, -0.05) is 0 Å². The van der Waals surface area contributed by atoms with Crippen molar-refractivity contribution in [3.63, 3.8) is 0 Å². The van der Waals surface area contributed by atoms with E-state index in [4.69, 9.17) is 0 Å². The molecule has 17 heavy (non-hydrogen) atoms. The third kappa shape index (κ3) is 2.97. The van der Waals surface area contributed by atoms with Gasteiger partial charge in [0.2, 0.25) is 5.92 Å². The summed E-state index contributed by atoms with van der Waals surface area (Å²) in [6.07, 6.45) is 1.49. The van der Waals surface area contributed by atoms with Crippen LogP contribution in [0.3, 0.4) is 0 Å². The normalized spacial score (nSPS) is 28.2. The molecule has 0 unspecified atom stereocenters. The monoisotopic (exact) mass is 246 g/mol. The zero-order valence-corrected chi connectivity index (χ0v) is 10.9. The molecular formula is C13H24F2N2. The fourth-order valence-corrected chi connectivity index (χ4v) is 3.25. The number of alkyl halides is 2. The molecule has 1 saturated carbocycles. The minimum Gasteiger partial charge on any atom is -0.314 e. The number of nitrogens with zero attached hydrogens (tertiary/aromatic N) is 1. The van der Waals surface area contributed by atoms with Gasteiger partial charge < -0.3 is 5.32 Å². The van der Waals surface area contributed by atoms with Gasteiger partial charge in [0, 0.05) is 44.6 Å². The molecule has 1 heterocycles. The highest BCUT2D eigenvalue weighted by Crippen LogP contribution is 2.42. The largest absolute Gasteiger partial charge is 0.314 e. The first-order valence-corrected chi connectivity index (χ1v) is 6.75. The van der Waals surface area contributed by atoms with Crippen molar-refractivity contribution in [2.24, 2.45) is 5.92 Å². The summed E-state index contributed by atoms with van der Waals surface area (Å²) in [5.41, 5.74) is 0.0681. The first-order valence-electron chi connectivity index (χ1n) is 6.75. The van der Waals surface area contributed by atoms with Crippen molar-refractivity contribution in [2.75, 3.05) is 26.2 Å². The van der Waals surface area contributed by atoms with Crippen LogP contribution in [0.2, 0.25) is 0 Å². The molecule has 0 amide bonds. The standard InChI is InChI=1S/C13H24F2N2/c1-12(2,17-9-7-16-8-10-17)11-3-5-13(14,15)6-4-11/h11,16H,3-10H2,1-2H3. The second kappa shape index (κ2) is 4.81. The lowest BCUT2D eigenvalue weighted by Gasteiger charge is -2.48. The van der Waals surface area contributed by atoms with Crippen LogP contribution in [0.25, 0.3) is 0 Å². The fourth-order valence-electron chi connectivity index (χ4n) is 3.25. The van der Waals surface area contributed by atoms with Crippen molar-refractivity contribution < 1.29 is 8.78 Å². The molecule has 1 aliphatic heterocycles. The Labute approximate surface area is 103 Å². The predicted molar refractivity (Wildman–Crippen MR) is 65.4 cm³/mol. The Bertz CT molecular complexity index is 250. The van der Waals surface area contributed by atoms with Crippen LogP contribution in [0.1, 0.15) is 39.5 Å². The van der Waals surface area contributed by atoms with Gasteiger partial charge in [-0.3, -0.25) is 4.90 Å². The van der Waals surface area contributed by atoms with Crippen LogP contribution in [-0.4, -0.2) is 42.5 Å². The minimum atomic E-state index is -2.41. The van der Waals surface area contributed by atoms with E-state index >= 15 is 0 Å². The van der Waals surface area contributed by atoms with E-state index in [1.54, 1.807) is 0 Å². The Kier molecular flexibility index (Phi) is 3.74. The molecule has 2 rings (SSSR count). The van der Waals surface area contributed by atoms with Gasteiger partial charge in [0.05, 0.1) is 0 Å². The van der Waals surface area contributed by atoms with Crippen LogP contribution in [0.15, 0.2) is 0 Å². The van der Waals surface area contributed by atoms with Crippen LogP contribution in [0, 0.1) is 5.92 Å². The molecule has 0 aromatic heterocycles. The average Bonchev–Trinajstić information content (AvgIpc) is 2.29. The maximum absolute atomic E-state index is 13.2. The van der Waals surface area contributed by atoms with Gasteiger partial charge in [-0.25, -0.2) is 8.78 Å². The molecule has 0 spiro atoms. The van der Waals surface area contributed by atoms with Crippen LogP contribution >= 0.6 is 0 Å². The van der Waals surface area contributed by atoms with Crippen molar-refractivity contribution >= 4 is 0 Å². The molecule has 1 saturated heterocycles. The van der Waals surface area contributed by atoms with Gasteiger partial charge in [-0.2, -0.15) is 0 Å². The number of hydrogen-bond donors (Lipinski definition) is 1. The van der Waals surface area contributed by atoms with Crippen molar-refractivity contribution in [1.82, 2.24) is 10.2 Å². The number of rotatable bonds is 2. The molecule has 0 bridgehead atoms. The third-order valence-corrected chi connectivity index (χ3v) is 4.65. The number of nitrogens with one attached hydrogen (secondary N) is 1. The van der Waals surface area contributed by atoms with Gasteiger partial charge in [0.15, 0.2) is 0 Å². The lowest BCUT2D eigenvalue weighted by Crippen LogP contribution is -2.57. The highest BCUT2D eigenvalue weighted by molar-refractivity contribution is 4.94. The van der Waals surface area contributed by atoms with Gasteiger partial charge in [-0.15, -0.1) is 0 Å². The highest BCUT2D eigenvalue weighted by Gasteiger charge is 2.42. The van der Waals surface area contributed by atoms with E-state index in [0.29, 0.717) is 18.8 Å². The average molecular weight is 246 g/mol. The topological polar surface area (TPSA) is 15.3 Å². The molecule has 0 radical (unpaired) electrons. The number of halogens is 2. The molecule has 0 aromatic rings. The second-order valence-corrected chi connectivity index (χ2v) is 6.02. The van der Waals surface area contributed by atoms with Gasteiger partial charge in [0.1, 0.15) is 0 Å². The van der Waals surface area contributed by atoms with Crippen molar-refractivity contribution in [3.05, 3.63) is 0 Å². The maximum Gasteiger partial charge on any atom is 0.248 e. The van der Waals surface area contributed by atoms with Crippen molar-refractivity contribution in [2.45, 2.75) is 51.0 Å². The summed E-state index contributed by atoms with van der Waals surface area (Å²) in [5.74, 6) is -1.99. The molecule has 1 N–H and O–H groups in total. The second-order valence-electron chi connectivity index (χ2n) is 6.02. The molecule has 4 heteroatoms. The van der Waals surface area contributed by atoms with Gasteiger partial charge >= 0.3 is 0 Å². The van der Waals surface area contributed by atoms with Crippen LogP contribution < -0.4 is 5.32 Å². The maximum atomic E-state index is 13.2. The summed E-state index contributed by atoms with van der Waals surface area (Å²) in [5, 5.41) is 3.34. The summed E-state index contributed by atoms with van der Waals surface area (Å²) in [7, 11) is 0. The fraction of sp³-hybridized carbons (Fsp3) is 1.00. The lowest BCUT2D eigenvalue weighted by molar-refractivity contribution is -0.0701. The van der Waals surface area contributed by atoms with Crippen LogP contribution in [0.5, 0.6) is 0 Å². The molecule has 100 valence electrons. The quantitative estimate of drug-likeness (QED) is 0.805. The summed E-state index contributed by atoms with van der Waals surface area (Å²) in [4.78, 5) is 2.47. The smallest absolute Gasteiger partial charge is 0.248 e. The Hall–Kier alpha value is -0.220. The van der Waals surface area contributed by atoms with Gasteiger partial charge in [0.25, 0.3) is 0 Å². The summed E-state index contributed by atoms with van der Waals surface area (Å²) < 4.78 is 26.4. The van der Waals surface area contributed by atoms with Crippen molar-refractivity contribution in [1.29, 1.82) is 0 Å². The number of piperazine rings is 1. The van der Waals surface area contributed by atoms with E-state index in [1.165, 1.54) is 0 Å². The first kappa shape index (κ1) is 13.2. The number of hydrogen-bond acceptors (Lipinski definition) is 2. The molecule has 2 nitrogen and oxygen atoms in total. The van der Waals surface area contributed by atoms with Gasteiger partial charge in [-0.05, 0) is 32.6 Å². The summed E-state index contributed by atoms with van der Waals surface area (Å²) in [6, 6.07) is 0. The van der Waals surface area contributed by atoms with E-state index in [-0.39, 0.29) is 18.4 Å². The highest BCUT2D eigenvalue weighted by atomic mass is 19.3. The Morgan fingerprint density at radius 2 is 1.65 bits per heavy atom. The Morgan fingerprint density at radius 3 is 2.18 bits per heavy atom. The Balaban J connectivity index is 1.95. The summed E-state index contributed by atoms with van der Waals surface area (Å²) >= 11 is 0. The first-order chi connectivity index (χ1) is 7.92. The van der Waals surface area contributed by atoms with Crippen LogP contribution in [-0.2, 0) is 0 Å². The van der Waals surface area contributed by atoms with E-state index < -0.39 is 5.92 Å². The van der Waals surface area contributed by atoms with E-state index in [1.807, 2.05) is 0 Å². The van der Waals surface area contributed by atoms with E-state index in [9.17, 15) is 8.78 Å². The van der Waals surface area contributed by atoms with E-state index in [0.717, 1.165) is 26.2 Å². The zero-order chi connectivity index (χ0) is 12.5. The molecule has 1 aliphatic carbocycles. The zero-order valence-electron chi connectivity index (χ0n) is 10.9. The van der Waals surface area contributed by atoms with E-state index in [2.05, 4.69) is 24.1 Å². The molecule has 0 atom stereocenters. The van der Waals surface area contributed by atoms with Crippen molar-refractivity contribution in [3.8, 4) is 0 Å². The van der Waals surface area contributed by atoms with Crippen LogP contribution in [0.4, 0.5) is 8.78 Å². The molecule has 2 aliphatic rings. The third-order valence-electron chi connectivity index (χ3n) is 4.65. The lowest BCUT2D eigenvalue weighted by atomic mass is 9.74. The molecule has 0 aromatic carbocycles.